The molecule has 3 N–H and O–H groups in total. The van der Waals surface area contributed by atoms with Gasteiger partial charge in [-0.15, -0.1) is 0 Å². The number of anilines is 1. The number of amides is 2. The molecule has 2 amide bonds. The number of nitrogens with one attached hydrogen (secondary N) is 1. The average Bonchev–Trinajstić information content (AvgIpc) is 3.30. The SMILES string of the molecule is NC1CCN(C(=O)CN(CC(=O)NCc2cccc(F)c2)c2cccc(Oc3ccccc3)c2)C1. The van der Waals surface area contributed by atoms with Crippen molar-refractivity contribution in [3.63, 3.8) is 0 Å². The summed E-state index contributed by atoms with van der Waals surface area (Å²) in [6.45, 7) is 1.29. The van der Waals surface area contributed by atoms with Crippen LogP contribution in [-0.4, -0.2) is 48.9 Å². The van der Waals surface area contributed by atoms with Gasteiger partial charge in [0.1, 0.15) is 17.3 Å². The van der Waals surface area contributed by atoms with Gasteiger partial charge in [0.15, 0.2) is 0 Å². The number of nitrogens with two attached hydrogens (primary N) is 1. The van der Waals surface area contributed by atoms with E-state index < -0.39 is 0 Å². The van der Waals surface area contributed by atoms with Crippen LogP contribution in [0.1, 0.15) is 12.0 Å². The van der Waals surface area contributed by atoms with E-state index >= 15 is 0 Å². The number of hydrogen-bond donors (Lipinski definition) is 2. The Hall–Kier alpha value is -3.91. The second-order valence-corrected chi connectivity index (χ2v) is 8.56. The number of carbonyl (C=O) groups is 2. The van der Waals surface area contributed by atoms with E-state index in [1.807, 2.05) is 48.5 Å². The average molecular weight is 477 g/mol. The Balaban J connectivity index is 1.48. The van der Waals surface area contributed by atoms with Gasteiger partial charge in [0.05, 0.1) is 13.1 Å². The first-order chi connectivity index (χ1) is 17.0. The Morgan fingerprint density at radius 1 is 1.00 bits per heavy atom. The summed E-state index contributed by atoms with van der Waals surface area (Å²) in [6, 6.07) is 22.7. The van der Waals surface area contributed by atoms with Crippen LogP contribution in [0, 0.1) is 5.82 Å². The van der Waals surface area contributed by atoms with Crippen LogP contribution in [0.3, 0.4) is 0 Å². The van der Waals surface area contributed by atoms with Gasteiger partial charge in [0, 0.05) is 37.4 Å². The summed E-state index contributed by atoms with van der Waals surface area (Å²) in [7, 11) is 0. The number of hydrogen-bond acceptors (Lipinski definition) is 5. The third-order valence-corrected chi connectivity index (χ3v) is 5.78. The van der Waals surface area contributed by atoms with Crippen molar-refractivity contribution >= 4 is 17.5 Å². The van der Waals surface area contributed by atoms with Crippen LogP contribution < -0.4 is 20.7 Å². The summed E-state index contributed by atoms with van der Waals surface area (Å²) in [5, 5.41) is 2.81. The van der Waals surface area contributed by atoms with E-state index in [4.69, 9.17) is 10.5 Å². The van der Waals surface area contributed by atoms with Gasteiger partial charge >= 0.3 is 0 Å². The largest absolute Gasteiger partial charge is 0.457 e. The van der Waals surface area contributed by atoms with Gasteiger partial charge in [-0.05, 0) is 48.4 Å². The maximum Gasteiger partial charge on any atom is 0.242 e. The number of para-hydroxylation sites is 1. The highest BCUT2D eigenvalue weighted by atomic mass is 19.1. The van der Waals surface area contributed by atoms with Crippen molar-refractivity contribution in [2.24, 2.45) is 5.73 Å². The Bertz CT molecular complexity index is 1160. The first kappa shape index (κ1) is 24.2. The fraction of sp³-hybridized carbons (Fsp3) is 0.259. The molecule has 0 radical (unpaired) electrons. The first-order valence-electron chi connectivity index (χ1n) is 11.6. The van der Waals surface area contributed by atoms with E-state index in [0.717, 1.165) is 6.42 Å². The van der Waals surface area contributed by atoms with Gasteiger partial charge in [-0.1, -0.05) is 36.4 Å². The maximum atomic E-state index is 13.5. The molecule has 1 fully saturated rings. The molecular formula is C27H29FN4O3. The number of nitrogens with zero attached hydrogens (tertiary/aromatic N) is 2. The number of benzene rings is 3. The molecule has 0 saturated carbocycles. The predicted octanol–water partition coefficient (Wildman–Crippen LogP) is 3.30. The van der Waals surface area contributed by atoms with Crippen molar-refractivity contribution in [3.8, 4) is 11.5 Å². The van der Waals surface area contributed by atoms with Crippen molar-refractivity contribution < 1.29 is 18.7 Å². The van der Waals surface area contributed by atoms with E-state index in [9.17, 15) is 14.0 Å². The highest BCUT2D eigenvalue weighted by Crippen LogP contribution is 2.26. The predicted molar refractivity (Wildman–Crippen MR) is 133 cm³/mol. The second-order valence-electron chi connectivity index (χ2n) is 8.56. The van der Waals surface area contributed by atoms with Gasteiger partial charge < -0.3 is 25.6 Å². The van der Waals surface area contributed by atoms with E-state index in [-0.39, 0.29) is 43.3 Å². The molecule has 1 atom stereocenters. The third kappa shape index (κ3) is 7.04. The number of carbonyl (C=O) groups excluding carboxylic acids is 2. The molecule has 1 heterocycles. The zero-order valence-corrected chi connectivity index (χ0v) is 19.4. The standard InChI is InChI=1S/C27H29FN4O3/c28-21-7-4-6-20(14-21)16-30-26(33)18-32(19-27(34)31-13-12-22(29)17-31)23-8-5-11-25(15-23)35-24-9-2-1-3-10-24/h1-11,14-15,22H,12-13,16-19,29H2,(H,30,33). The van der Waals surface area contributed by atoms with Crippen LogP contribution in [0.5, 0.6) is 11.5 Å². The third-order valence-electron chi connectivity index (χ3n) is 5.78. The molecule has 8 heteroatoms. The van der Waals surface area contributed by atoms with Crippen LogP contribution in [0.25, 0.3) is 0 Å². The minimum atomic E-state index is -0.358. The minimum absolute atomic E-state index is 0.0227. The quantitative estimate of drug-likeness (QED) is 0.495. The minimum Gasteiger partial charge on any atom is -0.457 e. The molecular weight excluding hydrogens is 447 g/mol. The van der Waals surface area contributed by atoms with Crippen molar-refractivity contribution in [2.75, 3.05) is 31.1 Å². The van der Waals surface area contributed by atoms with Gasteiger partial charge in [-0.3, -0.25) is 9.59 Å². The molecule has 0 bridgehead atoms. The monoisotopic (exact) mass is 476 g/mol. The molecule has 0 spiro atoms. The molecule has 1 unspecified atom stereocenters. The van der Waals surface area contributed by atoms with Crippen LogP contribution in [0.15, 0.2) is 78.9 Å². The lowest BCUT2D eigenvalue weighted by Gasteiger charge is -2.27. The Morgan fingerprint density at radius 2 is 1.77 bits per heavy atom. The zero-order valence-electron chi connectivity index (χ0n) is 19.4. The number of halogens is 1. The maximum absolute atomic E-state index is 13.5. The molecule has 1 saturated heterocycles. The zero-order chi connectivity index (χ0) is 24.6. The van der Waals surface area contributed by atoms with Gasteiger partial charge in [-0.2, -0.15) is 0 Å². The van der Waals surface area contributed by atoms with E-state index in [0.29, 0.717) is 35.8 Å². The highest BCUT2D eigenvalue weighted by molar-refractivity contribution is 5.86. The van der Waals surface area contributed by atoms with E-state index in [1.54, 1.807) is 28.0 Å². The van der Waals surface area contributed by atoms with Crippen molar-refractivity contribution in [1.82, 2.24) is 10.2 Å². The molecule has 0 aliphatic carbocycles. The molecule has 1 aliphatic heterocycles. The lowest BCUT2D eigenvalue weighted by atomic mass is 10.2. The molecule has 3 aromatic carbocycles. The van der Waals surface area contributed by atoms with Crippen LogP contribution >= 0.6 is 0 Å². The van der Waals surface area contributed by atoms with Crippen molar-refractivity contribution in [1.29, 1.82) is 0 Å². The van der Waals surface area contributed by atoms with Crippen LogP contribution in [0.4, 0.5) is 10.1 Å². The molecule has 7 nitrogen and oxygen atoms in total. The van der Waals surface area contributed by atoms with E-state index in [2.05, 4.69) is 5.32 Å². The van der Waals surface area contributed by atoms with Gasteiger partial charge in [-0.25, -0.2) is 4.39 Å². The molecule has 3 aromatic rings. The number of ether oxygens (including phenoxy) is 1. The summed E-state index contributed by atoms with van der Waals surface area (Å²) in [4.78, 5) is 29.2. The molecule has 4 rings (SSSR count). The molecule has 1 aliphatic rings. The van der Waals surface area contributed by atoms with Gasteiger partial charge in [0.25, 0.3) is 0 Å². The topological polar surface area (TPSA) is 87.9 Å². The lowest BCUT2D eigenvalue weighted by Crippen LogP contribution is -2.44. The summed E-state index contributed by atoms with van der Waals surface area (Å²) >= 11 is 0. The first-order valence-corrected chi connectivity index (χ1v) is 11.6. The Kier molecular flexibility index (Phi) is 7.95. The van der Waals surface area contributed by atoms with Crippen LogP contribution in [0.2, 0.25) is 0 Å². The number of likely N-dealkylation sites (tertiary alicyclic amines) is 1. The second kappa shape index (κ2) is 11.5. The Labute approximate surface area is 204 Å². The van der Waals surface area contributed by atoms with Crippen molar-refractivity contribution in [3.05, 3.63) is 90.2 Å². The smallest absolute Gasteiger partial charge is 0.242 e. The molecule has 35 heavy (non-hydrogen) atoms. The molecule has 0 aromatic heterocycles. The van der Waals surface area contributed by atoms with Crippen molar-refractivity contribution in [2.45, 2.75) is 19.0 Å². The van der Waals surface area contributed by atoms with Crippen LogP contribution in [-0.2, 0) is 16.1 Å². The fourth-order valence-electron chi connectivity index (χ4n) is 3.96. The lowest BCUT2D eigenvalue weighted by molar-refractivity contribution is -0.128. The summed E-state index contributed by atoms with van der Waals surface area (Å²) in [6.07, 6.45) is 0.764. The summed E-state index contributed by atoms with van der Waals surface area (Å²) in [5.74, 6) is 0.545. The summed E-state index contributed by atoms with van der Waals surface area (Å²) < 4.78 is 19.4. The number of rotatable bonds is 9. The normalized spacial score (nSPS) is 15.0. The van der Waals surface area contributed by atoms with E-state index in [1.165, 1.54) is 12.1 Å². The highest BCUT2D eigenvalue weighted by Gasteiger charge is 2.26. The summed E-state index contributed by atoms with van der Waals surface area (Å²) in [5.41, 5.74) is 7.30. The molecule has 182 valence electrons. The Morgan fingerprint density at radius 3 is 2.51 bits per heavy atom. The van der Waals surface area contributed by atoms with Gasteiger partial charge in [0.2, 0.25) is 11.8 Å². The fourth-order valence-corrected chi connectivity index (χ4v) is 3.96.